The fraction of sp³-hybridized carbons (Fsp3) is 0.250. The van der Waals surface area contributed by atoms with E-state index in [9.17, 15) is 14.9 Å². The smallest absolute Gasteiger partial charge is 0.407 e. The first-order valence-corrected chi connectivity index (χ1v) is 13.5. The van der Waals surface area contributed by atoms with E-state index in [4.69, 9.17) is 9.47 Å². The maximum Gasteiger partial charge on any atom is 0.407 e. The van der Waals surface area contributed by atoms with Gasteiger partial charge in [0.2, 0.25) is 0 Å². The van der Waals surface area contributed by atoms with Gasteiger partial charge in [-0.25, -0.2) is 9.59 Å². The fourth-order valence-electron chi connectivity index (χ4n) is 4.98. The van der Waals surface area contributed by atoms with E-state index < -0.39 is 29.7 Å². The van der Waals surface area contributed by atoms with Crippen molar-refractivity contribution in [1.82, 2.24) is 20.5 Å². The average molecular weight is 565 g/mol. The number of methoxy groups -OCH3 is 1. The Kier molecular flexibility index (Phi) is 7.84. The Labute approximate surface area is 243 Å². The van der Waals surface area contributed by atoms with E-state index in [1.807, 2.05) is 54.7 Å². The number of esters is 1. The van der Waals surface area contributed by atoms with Gasteiger partial charge in [0.15, 0.2) is 0 Å². The molecule has 5 rings (SSSR count). The summed E-state index contributed by atoms with van der Waals surface area (Å²) in [6, 6.07) is 19.5. The second kappa shape index (κ2) is 11.7. The average Bonchev–Trinajstić information content (AvgIpc) is 3.61. The first kappa shape index (κ1) is 28.2. The van der Waals surface area contributed by atoms with Crippen LogP contribution in [0.1, 0.15) is 36.7 Å². The lowest BCUT2D eigenvalue weighted by atomic mass is 9.97. The molecule has 0 fully saturated rings. The van der Waals surface area contributed by atoms with Crippen LogP contribution in [0, 0.1) is 11.3 Å². The van der Waals surface area contributed by atoms with E-state index in [2.05, 4.69) is 31.9 Å². The molecular weight excluding hydrogens is 532 g/mol. The summed E-state index contributed by atoms with van der Waals surface area (Å²) in [5.41, 5.74) is 4.32. The second-order valence-electron chi connectivity index (χ2n) is 11.0. The van der Waals surface area contributed by atoms with E-state index in [0.717, 1.165) is 38.5 Å². The summed E-state index contributed by atoms with van der Waals surface area (Å²) in [4.78, 5) is 29.1. The number of carbonyl (C=O) groups is 2. The van der Waals surface area contributed by atoms with Gasteiger partial charge < -0.3 is 25.1 Å². The van der Waals surface area contributed by atoms with Crippen molar-refractivity contribution in [2.75, 3.05) is 12.4 Å². The Hall–Kier alpha value is -5.30. The zero-order chi connectivity index (χ0) is 29.9. The molecule has 10 heteroatoms. The molecule has 0 aliphatic carbocycles. The number of fused-ring (bicyclic) bond motifs is 2. The van der Waals surface area contributed by atoms with Crippen LogP contribution in [0.3, 0.4) is 0 Å². The molecule has 0 bridgehead atoms. The molecule has 1 amide bonds. The van der Waals surface area contributed by atoms with E-state index >= 15 is 0 Å². The number of anilines is 1. The number of para-hydroxylation sites is 1. The molecule has 1 unspecified atom stereocenters. The number of ether oxygens (including phenoxy) is 2. The van der Waals surface area contributed by atoms with Gasteiger partial charge in [0, 0.05) is 28.2 Å². The number of hydrogen-bond acceptors (Lipinski definition) is 7. The van der Waals surface area contributed by atoms with Crippen LogP contribution in [-0.2, 0) is 15.9 Å². The maximum atomic E-state index is 13.0. The Morgan fingerprint density at radius 1 is 1.05 bits per heavy atom. The molecule has 2 aromatic heterocycles. The first-order valence-electron chi connectivity index (χ1n) is 13.5. The summed E-state index contributed by atoms with van der Waals surface area (Å²) in [5, 5.41) is 25.4. The highest BCUT2D eigenvalue weighted by molar-refractivity contribution is 6.00. The summed E-state index contributed by atoms with van der Waals surface area (Å²) in [6.07, 6.45) is 3.28. The number of nitrogens with one attached hydrogen (secondary N) is 4. The van der Waals surface area contributed by atoms with Crippen molar-refractivity contribution in [2.24, 2.45) is 0 Å². The topological polar surface area (TPSA) is 145 Å². The molecule has 0 radical (unpaired) electrons. The molecule has 0 aliphatic heterocycles. The van der Waals surface area contributed by atoms with Crippen molar-refractivity contribution in [3.63, 3.8) is 0 Å². The van der Waals surface area contributed by atoms with Crippen LogP contribution in [-0.4, -0.2) is 52.0 Å². The van der Waals surface area contributed by atoms with Crippen LogP contribution in [0.15, 0.2) is 73.1 Å². The van der Waals surface area contributed by atoms with Crippen molar-refractivity contribution in [2.45, 2.75) is 44.9 Å². The van der Waals surface area contributed by atoms with Gasteiger partial charge in [0.25, 0.3) is 0 Å². The van der Waals surface area contributed by atoms with Gasteiger partial charge in [0.05, 0.1) is 36.5 Å². The predicted octanol–water partition coefficient (Wildman–Crippen LogP) is 5.94. The van der Waals surface area contributed by atoms with Gasteiger partial charge in [-0.3, -0.25) is 5.10 Å². The Morgan fingerprint density at radius 2 is 1.83 bits per heavy atom. The van der Waals surface area contributed by atoms with Crippen LogP contribution in [0.25, 0.3) is 32.9 Å². The van der Waals surface area contributed by atoms with Crippen molar-refractivity contribution in [3.8, 4) is 17.2 Å². The van der Waals surface area contributed by atoms with Gasteiger partial charge in [-0.2, -0.15) is 10.4 Å². The highest BCUT2D eigenvalue weighted by Crippen LogP contribution is 2.31. The van der Waals surface area contributed by atoms with E-state index in [-0.39, 0.29) is 5.56 Å². The number of aromatic amines is 2. The van der Waals surface area contributed by atoms with Crippen molar-refractivity contribution in [3.05, 3.63) is 84.2 Å². The molecule has 42 heavy (non-hydrogen) atoms. The number of hydrogen-bond donors (Lipinski definition) is 4. The van der Waals surface area contributed by atoms with Crippen LogP contribution in [0.2, 0.25) is 0 Å². The Balaban J connectivity index is 1.50. The van der Waals surface area contributed by atoms with Crippen LogP contribution in [0.4, 0.5) is 10.5 Å². The summed E-state index contributed by atoms with van der Waals surface area (Å²) < 4.78 is 10.6. The number of benzene rings is 3. The molecule has 4 N–H and O–H groups in total. The maximum absolute atomic E-state index is 13.0. The van der Waals surface area contributed by atoms with Gasteiger partial charge in [0.1, 0.15) is 11.6 Å². The van der Waals surface area contributed by atoms with Crippen LogP contribution >= 0.6 is 0 Å². The highest BCUT2D eigenvalue weighted by Gasteiger charge is 2.29. The lowest BCUT2D eigenvalue weighted by Crippen LogP contribution is -2.49. The van der Waals surface area contributed by atoms with E-state index in [0.29, 0.717) is 12.1 Å². The molecule has 2 heterocycles. The van der Waals surface area contributed by atoms with Crippen molar-refractivity contribution in [1.29, 1.82) is 5.26 Å². The number of H-pyrrole nitrogens is 2. The van der Waals surface area contributed by atoms with Crippen molar-refractivity contribution >= 4 is 39.6 Å². The zero-order valence-electron chi connectivity index (χ0n) is 23.8. The third-order valence-electron chi connectivity index (χ3n) is 6.89. The Bertz CT molecular complexity index is 1790. The molecule has 0 aliphatic rings. The predicted molar refractivity (Wildman–Crippen MR) is 161 cm³/mol. The molecule has 0 spiro atoms. The summed E-state index contributed by atoms with van der Waals surface area (Å²) in [7, 11) is 1.31. The molecule has 214 valence electrons. The summed E-state index contributed by atoms with van der Waals surface area (Å²) in [6.45, 7) is 5.32. The highest BCUT2D eigenvalue weighted by atomic mass is 16.6. The molecule has 10 nitrogen and oxygen atoms in total. The summed E-state index contributed by atoms with van der Waals surface area (Å²) >= 11 is 0. The fourth-order valence-corrected chi connectivity index (χ4v) is 4.98. The molecule has 0 saturated heterocycles. The van der Waals surface area contributed by atoms with Crippen molar-refractivity contribution < 1.29 is 19.1 Å². The second-order valence-corrected chi connectivity index (χ2v) is 11.0. The number of nitriles is 1. The lowest BCUT2D eigenvalue weighted by molar-refractivity contribution is 0.0501. The van der Waals surface area contributed by atoms with Gasteiger partial charge in [-0.05, 0) is 68.1 Å². The number of nitrogens with zero attached hydrogens (tertiary/aromatic N) is 2. The molecule has 5 aromatic rings. The lowest BCUT2D eigenvalue weighted by Gasteiger charge is -2.27. The number of alkyl carbamates (subject to hydrolysis) is 1. The SMILES string of the molecule is COC(=O)c1cc(-c2cccc3[nH]ncc23)ccc1NC(C#N)[C@H](Cc1c[nH]c2ccccc12)NC(=O)OC(C)(C)C. The number of aromatic nitrogens is 3. The largest absolute Gasteiger partial charge is 0.465 e. The van der Waals surface area contributed by atoms with Crippen LogP contribution < -0.4 is 10.6 Å². The molecular formula is C32H32N6O4. The number of rotatable bonds is 8. The molecule has 3 aromatic carbocycles. The van der Waals surface area contributed by atoms with Gasteiger partial charge in [-0.1, -0.05) is 36.4 Å². The summed E-state index contributed by atoms with van der Waals surface area (Å²) in [5.74, 6) is -0.566. The molecule has 0 saturated carbocycles. The van der Waals surface area contributed by atoms with Gasteiger partial charge >= 0.3 is 12.1 Å². The minimum atomic E-state index is -0.933. The monoisotopic (exact) mass is 564 g/mol. The minimum Gasteiger partial charge on any atom is -0.465 e. The quantitative estimate of drug-likeness (QED) is 0.171. The third kappa shape index (κ3) is 6.05. The first-order chi connectivity index (χ1) is 20.2. The zero-order valence-corrected chi connectivity index (χ0v) is 23.8. The van der Waals surface area contributed by atoms with E-state index in [1.165, 1.54) is 7.11 Å². The van der Waals surface area contributed by atoms with E-state index in [1.54, 1.807) is 39.1 Å². The standard InChI is InChI=1S/C32H32N6O4/c1-32(2,3)42-31(40)37-28(15-20-17-34-25-10-6-5-8-22(20)25)29(16-33)36-26-13-12-19(14-23(26)30(39)41-4)21-9-7-11-27-24(21)18-35-38-27/h5-14,17-18,28-29,34,36H,15H2,1-4H3,(H,35,38)(H,37,40)/t28-,29?/m0/s1. The Morgan fingerprint density at radius 3 is 2.60 bits per heavy atom. The minimum absolute atomic E-state index is 0.249. The van der Waals surface area contributed by atoms with Crippen LogP contribution in [0.5, 0.6) is 0 Å². The third-order valence-corrected chi connectivity index (χ3v) is 6.89. The molecule has 2 atom stereocenters. The van der Waals surface area contributed by atoms with Gasteiger partial charge in [-0.15, -0.1) is 0 Å². The number of amides is 1. The normalized spacial score (nSPS) is 12.8. The number of carbonyl (C=O) groups excluding carboxylic acids is 2.